The van der Waals surface area contributed by atoms with E-state index in [1.807, 2.05) is 0 Å². The van der Waals surface area contributed by atoms with Gasteiger partial charge < -0.3 is 9.67 Å². The molecule has 4 heteroatoms. The van der Waals surface area contributed by atoms with Gasteiger partial charge in [-0.2, -0.15) is 0 Å². The van der Waals surface area contributed by atoms with Crippen LogP contribution < -0.4 is 0 Å². The number of hydrogen-bond donors (Lipinski definition) is 1. The molecule has 2 heterocycles. The number of aryl methyl sites for hydroxylation is 2. The van der Waals surface area contributed by atoms with Crippen molar-refractivity contribution in [1.29, 1.82) is 0 Å². The zero-order valence-electron chi connectivity index (χ0n) is 12.7. The van der Waals surface area contributed by atoms with Crippen molar-refractivity contribution < 1.29 is 9.90 Å². The number of carbonyl (C=O) groups is 1. The molecule has 0 spiro atoms. The highest BCUT2D eigenvalue weighted by Crippen LogP contribution is 2.27. The number of piperidine rings is 1. The van der Waals surface area contributed by atoms with Gasteiger partial charge in [-0.25, -0.2) is 0 Å². The van der Waals surface area contributed by atoms with Crippen molar-refractivity contribution in [2.45, 2.75) is 26.3 Å². The molecule has 4 nitrogen and oxygen atoms in total. The second-order valence-corrected chi connectivity index (χ2v) is 6.04. The number of rotatable bonds is 3. The number of para-hydroxylation sites is 1. The fraction of sp³-hybridized carbons (Fsp3) is 0.471. The van der Waals surface area contributed by atoms with Crippen LogP contribution in [0.5, 0.6) is 0 Å². The molecule has 1 aromatic carbocycles. The average molecular weight is 286 g/mol. The van der Waals surface area contributed by atoms with Crippen LogP contribution >= 0.6 is 0 Å². The van der Waals surface area contributed by atoms with Crippen molar-refractivity contribution in [3.8, 4) is 0 Å². The molecule has 21 heavy (non-hydrogen) atoms. The number of benzene rings is 1. The monoisotopic (exact) mass is 286 g/mol. The van der Waals surface area contributed by atoms with Crippen molar-refractivity contribution in [2.24, 2.45) is 13.0 Å². The molecule has 1 aliphatic heterocycles. The molecular formula is C17H22N2O2. The number of fused-ring (bicyclic) bond motifs is 1. The molecule has 0 saturated carbocycles. The first-order chi connectivity index (χ1) is 10.1. The summed E-state index contributed by atoms with van der Waals surface area (Å²) in [6.45, 7) is 4.83. The molecule has 1 aromatic heterocycles. The van der Waals surface area contributed by atoms with Crippen LogP contribution in [0.4, 0.5) is 0 Å². The predicted molar refractivity (Wildman–Crippen MR) is 83.3 cm³/mol. The van der Waals surface area contributed by atoms with Gasteiger partial charge in [0.2, 0.25) is 0 Å². The third-order valence-electron chi connectivity index (χ3n) is 4.82. The fourth-order valence-electron chi connectivity index (χ4n) is 3.41. The summed E-state index contributed by atoms with van der Waals surface area (Å²) in [5, 5.41) is 10.4. The van der Waals surface area contributed by atoms with Gasteiger partial charge in [0.25, 0.3) is 0 Å². The van der Waals surface area contributed by atoms with Gasteiger partial charge in [-0.05, 0) is 44.5 Å². The number of carboxylic acids is 1. The Bertz CT molecular complexity index is 628. The van der Waals surface area contributed by atoms with Gasteiger partial charge in [0.1, 0.15) is 0 Å². The van der Waals surface area contributed by atoms with E-state index in [1.165, 1.54) is 22.2 Å². The molecule has 0 aliphatic carbocycles. The number of nitrogens with zero attached hydrogens (tertiary/aromatic N) is 2. The maximum atomic E-state index is 11.0. The van der Waals surface area contributed by atoms with Gasteiger partial charge in [0.15, 0.2) is 0 Å². The highest BCUT2D eigenvalue weighted by Gasteiger charge is 2.25. The third-order valence-corrected chi connectivity index (χ3v) is 4.82. The summed E-state index contributed by atoms with van der Waals surface area (Å²) in [4.78, 5) is 13.4. The Morgan fingerprint density at radius 3 is 2.57 bits per heavy atom. The van der Waals surface area contributed by atoms with E-state index < -0.39 is 5.97 Å². The Balaban J connectivity index is 1.79. The Morgan fingerprint density at radius 1 is 1.29 bits per heavy atom. The highest BCUT2D eigenvalue weighted by molar-refractivity contribution is 5.85. The van der Waals surface area contributed by atoms with Crippen molar-refractivity contribution in [1.82, 2.24) is 9.47 Å². The molecule has 0 atom stereocenters. The first kappa shape index (κ1) is 14.1. The molecule has 1 N–H and O–H groups in total. The third kappa shape index (κ3) is 2.56. The first-order valence-electron chi connectivity index (χ1n) is 7.56. The summed E-state index contributed by atoms with van der Waals surface area (Å²) >= 11 is 0. The molecule has 2 aromatic rings. The number of aromatic nitrogens is 1. The zero-order valence-corrected chi connectivity index (χ0v) is 12.7. The minimum atomic E-state index is -0.643. The quantitative estimate of drug-likeness (QED) is 0.943. The Labute approximate surface area is 125 Å². The van der Waals surface area contributed by atoms with E-state index in [2.05, 4.69) is 47.7 Å². The van der Waals surface area contributed by atoms with Crippen molar-refractivity contribution in [2.75, 3.05) is 13.1 Å². The lowest BCUT2D eigenvalue weighted by molar-refractivity contribution is -0.143. The Kier molecular flexibility index (Phi) is 3.72. The lowest BCUT2D eigenvalue weighted by Gasteiger charge is -2.30. The summed E-state index contributed by atoms with van der Waals surface area (Å²) in [6.07, 6.45) is 1.52. The van der Waals surface area contributed by atoms with Gasteiger partial charge in [-0.3, -0.25) is 9.69 Å². The molecule has 1 aliphatic rings. The molecular weight excluding hydrogens is 264 g/mol. The van der Waals surface area contributed by atoms with Crippen LogP contribution in [0.3, 0.4) is 0 Å². The first-order valence-corrected chi connectivity index (χ1v) is 7.56. The van der Waals surface area contributed by atoms with Crippen molar-refractivity contribution in [3.05, 3.63) is 35.5 Å². The lowest BCUT2D eigenvalue weighted by atomic mass is 9.97. The SMILES string of the molecule is Cc1c(CN2CCC(C(=O)O)CC2)n(C)c2ccccc12. The number of hydrogen-bond acceptors (Lipinski definition) is 2. The van der Waals surface area contributed by atoms with Gasteiger partial charge >= 0.3 is 5.97 Å². The summed E-state index contributed by atoms with van der Waals surface area (Å²) in [5.74, 6) is -0.801. The van der Waals surface area contributed by atoms with Crippen LogP contribution in [0.1, 0.15) is 24.1 Å². The predicted octanol–water partition coefficient (Wildman–Crippen LogP) is 2.78. The van der Waals surface area contributed by atoms with Crippen LogP contribution in [-0.2, 0) is 18.4 Å². The van der Waals surface area contributed by atoms with Gasteiger partial charge in [0.05, 0.1) is 5.92 Å². The largest absolute Gasteiger partial charge is 0.481 e. The van der Waals surface area contributed by atoms with Crippen LogP contribution in [-0.4, -0.2) is 33.6 Å². The topological polar surface area (TPSA) is 45.5 Å². The Morgan fingerprint density at radius 2 is 1.95 bits per heavy atom. The van der Waals surface area contributed by atoms with Crippen LogP contribution in [0.15, 0.2) is 24.3 Å². The minimum Gasteiger partial charge on any atom is -0.481 e. The lowest BCUT2D eigenvalue weighted by Crippen LogP contribution is -2.36. The fourth-order valence-corrected chi connectivity index (χ4v) is 3.41. The summed E-state index contributed by atoms with van der Waals surface area (Å²) in [5.41, 5.74) is 3.95. The molecule has 0 amide bonds. The molecule has 1 saturated heterocycles. The van der Waals surface area contributed by atoms with E-state index in [1.54, 1.807) is 0 Å². The van der Waals surface area contributed by atoms with E-state index in [-0.39, 0.29) is 5.92 Å². The van der Waals surface area contributed by atoms with E-state index in [9.17, 15) is 4.79 Å². The molecule has 3 rings (SSSR count). The highest BCUT2D eigenvalue weighted by atomic mass is 16.4. The standard InChI is InChI=1S/C17H22N2O2/c1-12-14-5-3-4-6-15(14)18(2)16(12)11-19-9-7-13(8-10-19)17(20)21/h3-6,13H,7-11H2,1-2H3,(H,20,21). The number of aliphatic carboxylic acids is 1. The smallest absolute Gasteiger partial charge is 0.306 e. The van der Waals surface area contributed by atoms with Crippen LogP contribution in [0.2, 0.25) is 0 Å². The van der Waals surface area contributed by atoms with Crippen LogP contribution in [0.25, 0.3) is 10.9 Å². The number of likely N-dealkylation sites (tertiary alicyclic amines) is 1. The molecule has 0 bridgehead atoms. The normalized spacial score (nSPS) is 17.4. The second-order valence-electron chi connectivity index (χ2n) is 6.04. The molecule has 1 fully saturated rings. The Hall–Kier alpha value is -1.81. The van der Waals surface area contributed by atoms with E-state index in [0.717, 1.165) is 32.5 Å². The summed E-state index contributed by atoms with van der Waals surface area (Å²) < 4.78 is 2.27. The van der Waals surface area contributed by atoms with Crippen molar-refractivity contribution >= 4 is 16.9 Å². The van der Waals surface area contributed by atoms with Crippen molar-refractivity contribution in [3.63, 3.8) is 0 Å². The van der Waals surface area contributed by atoms with Gasteiger partial charge in [-0.15, -0.1) is 0 Å². The van der Waals surface area contributed by atoms with Gasteiger partial charge in [-0.1, -0.05) is 18.2 Å². The maximum absolute atomic E-state index is 11.0. The second kappa shape index (κ2) is 5.53. The number of carboxylic acid groups (broad SMARTS) is 1. The summed E-state index contributed by atoms with van der Waals surface area (Å²) in [7, 11) is 2.12. The van der Waals surface area contributed by atoms with E-state index in [0.29, 0.717) is 0 Å². The average Bonchev–Trinajstić information content (AvgIpc) is 2.73. The molecule has 0 unspecified atom stereocenters. The minimum absolute atomic E-state index is 0.158. The summed E-state index contributed by atoms with van der Waals surface area (Å²) in [6, 6.07) is 8.48. The van der Waals surface area contributed by atoms with Gasteiger partial charge in [0, 0.05) is 30.2 Å². The van der Waals surface area contributed by atoms with Crippen LogP contribution in [0, 0.1) is 12.8 Å². The molecule has 0 radical (unpaired) electrons. The zero-order chi connectivity index (χ0) is 15.0. The van der Waals surface area contributed by atoms with E-state index >= 15 is 0 Å². The maximum Gasteiger partial charge on any atom is 0.306 e. The molecule has 112 valence electrons. The van der Waals surface area contributed by atoms with E-state index in [4.69, 9.17) is 5.11 Å².